The summed E-state index contributed by atoms with van der Waals surface area (Å²) in [5.74, 6) is -0.929. The Kier molecular flexibility index (Phi) is 2.38. The van der Waals surface area contributed by atoms with Gasteiger partial charge >= 0.3 is 5.97 Å². The van der Waals surface area contributed by atoms with E-state index in [0.29, 0.717) is 12.1 Å². The quantitative estimate of drug-likeness (QED) is 0.878. The van der Waals surface area contributed by atoms with Gasteiger partial charge in [0.25, 0.3) is 0 Å². The van der Waals surface area contributed by atoms with Crippen LogP contribution in [0.5, 0.6) is 0 Å². The van der Waals surface area contributed by atoms with Crippen molar-refractivity contribution in [2.75, 3.05) is 13.2 Å². The molecule has 1 aromatic carbocycles. The molecule has 0 amide bonds. The van der Waals surface area contributed by atoms with Crippen LogP contribution in [0.2, 0.25) is 0 Å². The van der Waals surface area contributed by atoms with Crippen LogP contribution in [0, 0.1) is 0 Å². The lowest BCUT2D eigenvalue weighted by molar-refractivity contribution is 0.0697. The van der Waals surface area contributed by atoms with E-state index in [9.17, 15) is 4.79 Å². The van der Waals surface area contributed by atoms with E-state index >= 15 is 0 Å². The predicted molar refractivity (Wildman–Crippen MR) is 65.8 cm³/mol. The van der Waals surface area contributed by atoms with E-state index in [-0.39, 0.29) is 11.1 Å². The SMILES string of the molecule is CC1(n2cnc3cc(C(=O)O)ccc32)CCOC1. The molecule has 2 heterocycles. The summed E-state index contributed by atoms with van der Waals surface area (Å²) in [4.78, 5) is 15.2. The van der Waals surface area contributed by atoms with Gasteiger partial charge in [-0.25, -0.2) is 9.78 Å². The van der Waals surface area contributed by atoms with Crippen LogP contribution in [0.25, 0.3) is 11.0 Å². The fourth-order valence-electron chi connectivity index (χ4n) is 2.42. The maximum Gasteiger partial charge on any atom is 0.335 e. The molecule has 1 aliphatic rings. The zero-order chi connectivity index (χ0) is 12.8. The second kappa shape index (κ2) is 3.81. The Hall–Kier alpha value is -1.88. The van der Waals surface area contributed by atoms with Crippen molar-refractivity contribution in [2.24, 2.45) is 0 Å². The summed E-state index contributed by atoms with van der Waals surface area (Å²) in [6, 6.07) is 5.03. The van der Waals surface area contributed by atoms with Crippen LogP contribution in [0.4, 0.5) is 0 Å². The van der Waals surface area contributed by atoms with E-state index in [4.69, 9.17) is 9.84 Å². The molecule has 94 valence electrons. The van der Waals surface area contributed by atoms with Crippen LogP contribution in [0.3, 0.4) is 0 Å². The van der Waals surface area contributed by atoms with E-state index in [1.165, 1.54) is 0 Å². The third kappa shape index (κ3) is 1.59. The van der Waals surface area contributed by atoms with Crippen molar-refractivity contribution in [3.8, 4) is 0 Å². The molecule has 1 atom stereocenters. The number of aromatic carboxylic acids is 1. The Labute approximate surface area is 104 Å². The number of fused-ring (bicyclic) bond motifs is 1. The number of imidazole rings is 1. The summed E-state index contributed by atoms with van der Waals surface area (Å²) < 4.78 is 7.54. The molecule has 3 rings (SSSR count). The smallest absolute Gasteiger partial charge is 0.335 e. The zero-order valence-corrected chi connectivity index (χ0v) is 10.1. The van der Waals surface area contributed by atoms with Crippen LogP contribution in [0.15, 0.2) is 24.5 Å². The van der Waals surface area contributed by atoms with Gasteiger partial charge in [-0.05, 0) is 31.5 Å². The monoisotopic (exact) mass is 246 g/mol. The molecule has 0 aliphatic carbocycles. The third-order valence-electron chi connectivity index (χ3n) is 3.57. The number of nitrogens with zero attached hydrogens (tertiary/aromatic N) is 2. The topological polar surface area (TPSA) is 64.4 Å². The standard InChI is InChI=1S/C13H14N2O3/c1-13(4-5-18-7-13)15-8-14-10-6-9(12(16)17)2-3-11(10)15/h2-3,6,8H,4-5,7H2,1H3,(H,16,17). The van der Waals surface area contributed by atoms with Crippen molar-refractivity contribution in [3.05, 3.63) is 30.1 Å². The van der Waals surface area contributed by atoms with Gasteiger partial charge in [-0.2, -0.15) is 0 Å². The highest BCUT2D eigenvalue weighted by Gasteiger charge is 2.32. The molecular weight excluding hydrogens is 232 g/mol. The van der Waals surface area contributed by atoms with Gasteiger partial charge in [-0.15, -0.1) is 0 Å². The second-order valence-electron chi connectivity index (χ2n) is 4.92. The van der Waals surface area contributed by atoms with Gasteiger partial charge in [0, 0.05) is 6.61 Å². The van der Waals surface area contributed by atoms with E-state index < -0.39 is 5.97 Å². The minimum absolute atomic E-state index is 0.0838. The normalized spacial score (nSPS) is 23.6. The number of benzene rings is 1. The molecule has 0 spiro atoms. The minimum Gasteiger partial charge on any atom is -0.478 e. The lowest BCUT2D eigenvalue weighted by atomic mass is 10.0. The second-order valence-corrected chi connectivity index (χ2v) is 4.92. The molecule has 0 saturated carbocycles. The van der Waals surface area contributed by atoms with Crippen molar-refractivity contribution in [2.45, 2.75) is 18.9 Å². The first-order valence-electron chi connectivity index (χ1n) is 5.89. The molecule has 1 unspecified atom stereocenters. The van der Waals surface area contributed by atoms with Crippen LogP contribution in [-0.4, -0.2) is 33.8 Å². The zero-order valence-electron chi connectivity index (χ0n) is 10.1. The highest BCUT2D eigenvalue weighted by molar-refractivity contribution is 5.92. The molecule has 5 heteroatoms. The molecular formula is C13H14N2O3. The number of carboxylic acid groups (broad SMARTS) is 1. The molecule has 5 nitrogen and oxygen atoms in total. The lowest BCUT2D eigenvalue weighted by Gasteiger charge is -2.24. The van der Waals surface area contributed by atoms with Crippen molar-refractivity contribution < 1.29 is 14.6 Å². The number of ether oxygens (including phenoxy) is 1. The van der Waals surface area contributed by atoms with E-state index in [2.05, 4.69) is 16.5 Å². The first-order chi connectivity index (χ1) is 8.60. The van der Waals surface area contributed by atoms with Crippen LogP contribution in [-0.2, 0) is 10.3 Å². The fraction of sp³-hybridized carbons (Fsp3) is 0.385. The first kappa shape index (κ1) is 11.2. The van der Waals surface area contributed by atoms with Crippen molar-refractivity contribution >= 4 is 17.0 Å². The molecule has 1 aliphatic heterocycles. The molecule has 0 bridgehead atoms. The summed E-state index contributed by atoms with van der Waals surface area (Å²) in [6.07, 6.45) is 2.71. The number of carboxylic acids is 1. The Morgan fingerprint density at radius 3 is 3.06 bits per heavy atom. The number of carbonyl (C=O) groups is 1. The average Bonchev–Trinajstić information content (AvgIpc) is 2.94. The number of rotatable bonds is 2. The van der Waals surface area contributed by atoms with Gasteiger partial charge in [-0.1, -0.05) is 0 Å². The molecule has 1 fully saturated rings. The predicted octanol–water partition coefficient (Wildman–Crippen LogP) is 1.87. The molecule has 1 N–H and O–H groups in total. The lowest BCUT2D eigenvalue weighted by Crippen LogP contribution is -2.29. The van der Waals surface area contributed by atoms with Gasteiger partial charge in [0.15, 0.2) is 0 Å². The molecule has 18 heavy (non-hydrogen) atoms. The van der Waals surface area contributed by atoms with E-state index in [1.807, 2.05) is 6.07 Å². The summed E-state index contributed by atoms with van der Waals surface area (Å²) in [7, 11) is 0. The Morgan fingerprint density at radius 2 is 2.39 bits per heavy atom. The minimum atomic E-state index is -0.929. The molecule has 1 aromatic heterocycles. The summed E-state index contributed by atoms with van der Waals surface area (Å²) in [6.45, 7) is 3.55. The average molecular weight is 246 g/mol. The third-order valence-corrected chi connectivity index (χ3v) is 3.57. The molecule has 0 radical (unpaired) electrons. The van der Waals surface area contributed by atoms with E-state index in [0.717, 1.165) is 18.5 Å². The maximum absolute atomic E-state index is 10.9. The molecule has 1 saturated heterocycles. The van der Waals surface area contributed by atoms with Gasteiger partial charge in [-0.3, -0.25) is 0 Å². The number of hydrogen-bond donors (Lipinski definition) is 1. The first-order valence-corrected chi connectivity index (χ1v) is 5.89. The van der Waals surface area contributed by atoms with Crippen molar-refractivity contribution in [1.29, 1.82) is 0 Å². The van der Waals surface area contributed by atoms with Crippen molar-refractivity contribution in [1.82, 2.24) is 9.55 Å². The van der Waals surface area contributed by atoms with Crippen molar-refractivity contribution in [3.63, 3.8) is 0 Å². The summed E-state index contributed by atoms with van der Waals surface area (Å²) in [5.41, 5.74) is 1.84. The Bertz CT molecular complexity index is 612. The van der Waals surface area contributed by atoms with Crippen LogP contribution < -0.4 is 0 Å². The summed E-state index contributed by atoms with van der Waals surface area (Å²) >= 11 is 0. The Balaban J connectivity index is 2.12. The maximum atomic E-state index is 10.9. The highest BCUT2D eigenvalue weighted by atomic mass is 16.5. The summed E-state index contributed by atoms with van der Waals surface area (Å²) in [5, 5.41) is 8.96. The molecule has 2 aromatic rings. The van der Waals surface area contributed by atoms with E-state index in [1.54, 1.807) is 18.5 Å². The van der Waals surface area contributed by atoms with Gasteiger partial charge in [0.1, 0.15) is 0 Å². The number of aromatic nitrogens is 2. The highest BCUT2D eigenvalue weighted by Crippen LogP contribution is 2.30. The Morgan fingerprint density at radius 1 is 1.56 bits per heavy atom. The van der Waals surface area contributed by atoms with Gasteiger partial charge in [0.05, 0.1) is 35.1 Å². The largest absolute Gasteiger partial charge is 0.478 e. The van der Waals surface area contributed by atoms with Gasteiger partial charge in [0.2, 0.25) is 0 Å². The van der Waals surface area contributed by atoms with Crippen LogP contribution >= 0.6 is 0 Å². The van der Waals surface area contributed by atoms with Gasteiger partial charge < -0.3 is 14.4 Å². The van der Waals surface area contributed by atoms with Crippen LogP contribution in [0.1, 0.15) is 23.7 Å². The fourth-order valence-corrected chi connectivity index (χ4v) is 2.42. The number of hydrogen-bond acceptors (Lipinski definition) is 3.